The highest BCUT2D eigenvalue weighted by Crippen LogP contribution is 2.17. The van der Waals surface area contributed by atoms with Gasteiger partial charge in [0.15, 0.2) is 0 Å². The molecule has 1 amide bonds. The molecule has 0 aliphatic carbocycles. The monoisotopic (exact) mass is 254 g/mol. The third kappa shape index (κ3) is 3.43. The van der Waals surface area contributed by atoms with Crippen LogP contribution >= 0.6 is 0 Å². The number of hydrogen-bond acceptors (Lipinski definition) is 3. The van der Waals surface area contributed by atoms with Gasteiger partial charge in [0.1, 0.15) is 5.82 Å². The molecule has 0 saturated carbocycles. The number of carbonyl (C=O) groups is 1. The molecule has 0 aliphatic rings. The molecule has 0 saturated heterocycles. The summed E-state index contributed by atoms with van der Waals surface area (Å²) < 4.78 is 17.9. The van der Waals surface area contributed by atoms with Gasteiger partial charge in [0, 0.05) is 25.4 Å². The third-order valence-corrected chi connectivity index (χ3v) is 2.66. The summed E-state index contributed by atoms with van der Waals surface area (Å²) in [5.74, 6) is -0.656. The molecular formula is C13H19FN2O2. The summed E-state index contributed by atoms with van der Waals surface area (Å²) in [6.45, 7) is 4.75. The second-order valence-electron chi connectivity index (χ2n) is 4.32. The van der Waals surface area contributed by atoms with E-state index in [4.69, 9.17) is 10.5 Å². The van der Waals surface area contributed by atoms with E-state index in [2.05, 4.69) is 0 Å². The largest absolute Gasteiger partial charge is 0.398 e. The molecule has 0 aliphatic heterocycles. The molecule has 1 aromatic carbocycles. The summed E-state index contributed by atoms with van der Waals surface area (Å²) >= 11 is 0. The second kappa shape index (κ2) is 6.35. The number of nitrogen functional groups attached to an aromatic ring is 1. The molecule has 1 rings (SSSR count). The lowest BCUT2D eigenvalue weighted by atomic mass is 10.1. The van der Waals surface area contributed by atoms with E-state index in [1.807, 2.05) is 13.8 Å². The highest BCUT2D eigenvalue weighted by Gasteiger charge is 2.20. The predicted octanol–water partition coefficient (Wildman–Crippen LogP) is 1.90. The van der Waals surface area contributed by atoms with Crippen molar-refractivity contribution < 1.29 is 13.9 Å². The average Bonchev–Trinajstić information content (AvgIpc) is 2.28. The molecular weight excluding hydrogens is 235 g/mol. The number of anilines is 1. The fourth-order valence-corrected chi connectivity index (χ4v) is 1.67. The molecule has 0 spiro atoms. The summed E-state index contributed by atoms with van der Waals surface area (Å²) in [5.41, 5.74) is 6.15. The summed E-state index contributed by atoms with van der Waals surface area (Å²) in [7, 11) is 1.58. The van der Waals surface area contributed by atoms with Crippen molar-refractivity contribution in [3.05, 3.63) is 29.6 Å². The van der Waals surface area contributed by atoms with Crippen LogP contribution in [0, 0.1) is 5.82 Å². The molecule has 0 bridgehead atoms. The molecule has 1 aromatic rings. The van der Waals surface area contributed by atoms with Crippen molar-refractivity contribution >= 4 is 11.6 Å². The van der Waals surface area contributed by atoms with Gasteiger partial charge in [-0.2, -0.15) is 0 Å². The lowest BCUT2D eigenvalue weighted by molar-refractivity contribution is 0.0636. The van der Waals surface area contributed by atoms with Crippen molar-refractivity contribution in [2.45, 2.75) is 19.9 Å². The van der Waals surface area contributed by atoms with Crippen LogP contribution in [0.2, 0.25) is 0 Å². The van der Waals surface area contributed by atoms with Gasteiger partial charge < -0.3 is 15.4 Å². The maximum Gasteiger partial charge on any atom is 0.256 e. The van der Waals surface area contributed by atoms with Gasteiger partial charge in [-0.3, -0.25) is 4.79 Å². The van der Waals surface area contributed by atoms with E-state index >= 15 is 0 Å². The second-order valence-corrected chi connectivity index (χ2v) is 4.32. The van der Waals surface area contributed by atoms with Crippen molar-refractivity contribution in [2.24, 2.45) is 0 Å². The number of hydrogen-bond donors (Lipinski definition) is 1. The van der Waals surface area contributed by atoms with E-state index in [9.17, 15) is 9.18 Å². The minimum absolute atomic E-state index is 0.0251. The predicted molar refractivity (Wildman–Crippen MR) is 68.9 cm³/mol. The first-order valence-corrected chi connectivity index (χ1v) is 5.82. The van der Waals surface area contributed by atoms with Gasteiger partial charge in [0.2, 0.25) is 0 Å². The Labute approximate surface area is 107 Å². The Morgan fingerprint density at radius 2 is 2.17 bits per heavy atom. The Hall–Kier alpha value is -1.62. The van der Waals surface area contributed by atoms with Crippen LogP contribution in [-0.2, 0) is 4.74 Å². The first-order valence-electron chi connectivity index (χ1n) is 5.82. The molecule has 0 atom stereocenters. The van der Waals surface area contributed by atoms with Crippen molar-refractivity contribution in [3.8, 4) is 0 Å². The number of ether oxygens (including phenoxy) is 1. The van der Waals surface area contributed by atoms with Gasteiger partial charge in [0.25, 0.3) is 5.91 Å². The lowest BCUT2D eigenvalue weighted by Crippen LogP contribution is -2.39. The number of benzene rings is 1. The van der Waals surface area contributed by atoms with Crippen molar-refractivity contribution in [1.82, 2.24) is 4.90 Å². The molecule has 0 unspecified atom stereocenters. The minimum atomic E-state index is -0.447. The van der Waals surface area contributed by atoms with Gasteiger partial charge >= 0.3 is 0 Å². The smallest absolute Gasteiger partial charge is 0.256 e. The number of carbonyl (C=O) groups excluding carboxylic acids is 1. The van der Waals surface area contributed by atoms with E-state index in [1.54, 1.807) is 12.0 Å². The SMILES string of the molecule is COCCN(C(=O)c1ccc(F)cc1N)C(C)C. The summed E-state index contributed by atoms with van der Waals surface area (Å²) in [6, 6.07) is 3.83. The molecule has 2 N–H and O–H groups in total. The van der Waals surface area contributed by atoms with Gasteiger partial charge in [-0.1, -0.05) is 0 Å². The minimum Gasteiger partial charge on any atom is -0.398 e. The van der Waals surface area contributed by atoms with Crippen LogP contribution in [0.5, 0.6) is 0 Å². The third-order valence-electron chi connectivity index (χ3n) is 2.66. The lowest BCUT2D eigenvalue weighted by Gasteiger charge is -2.27. The van der Waals surface area contributed by atoms with Crippen LogP contribution in [0.4, 0.5) is 10.1 Å². The zero-order valence-electron chi connectivity index (χ0n) is 10.9. The molecule has 0 aromatic heterocycles. The van der Waals surface area contributed by atoms with Crippen LogP contribution in [0.15, 0.2) is 18.2 Å². The zero-order valence-corrected chi connectivity index (χ0v) is 10.9. The maximum absolute atomic E-state index is 12.9. The number of nitrogens with two attached hydrogens (primary N) is 1. The fraction of sp³-hybridized carbons (Fsp3) is 0.462. The van der Waals surface area contributed by atoms with Gasteiger partial charge in [-0.25, -0.2) is 4.39 Å². The van der Waals surface area contributed by atoms with E-state index in [0.29, 0.717) is 18.7 Å². The van der Waals surface area contributed by atoms with Crippen LogP contribution in [-0.4, -0.2) is 37.1 Å². The normalized spacial score (nSPS) is 10.7. The summed E-state index contributed by atoms with van der Waals surface area (Å²) in [6.07, 6.45) is 0. The molecule has 5 heteroatoms. The Morgan fingerprint density at radius 1 is 1.50 bits per heavy atom. The molecule has 18 heavy (non-hydrogen) atoms. The average molecular weight is 254 g/mol. The highest BCUT2D eigenvalue weighted by atomic mass is 19.1. The van der Waals surface area contributed by atoms with Gasteiger partial charge in [-0.15, -0.1) is 0 Å². The number of halogens is 1. The molecule has 100 valence electrons. The quantitative estimate of drug-likeness (QED) is 0.816. The highest BCUT2D eigenvalue weighted by molar-refractivity contribution is 5.99. The van der Waals surface area contributed by atoms with Crippen LogP contribution in [0.25, 0.3) is 0 Å². The number of nitrogens with zero attached hydrogens (tertiary/aromatic N) is 1. The number of rotatable bonds is 5. The fourth-order valence-electron chi connectivity index (χ4n) is 1.67. The van der Waals surface area contributed by atoms with Crippen molar-refractivity contribution in [2.75, 3.05) is 26.0 Å². The maximum atomic E-state index is 12.9. The molecule has 0 heterocycles. The van der Waals surface area contributed by atoms with Gasteiger partial charge in [0.05, 0.1) is 12.2 Å². The first kappa shape index (κ1) is 14.4. The van der Waals surface area contributed by atoms with Crippen LogP contribution < -0.4 is 5.73 Å². The Balaban J connectivity index is 2.94. The van der Waals surface area contributed by atoms with Crippen LogP contribution in [0.1, 0.15) is 24.2 Å². The first-order chi connectivity index (χ1) is 8.47. The van der Waals surface area contributed by atoms with E-state index in [1.165, 1.54) is 12.1 Å². The Bertz CT molecular complexity index is 421. The molecule has 0 radical (unpaired) electrons. The van der Waals surface area contributed by atoms with Crippen LogP contribution in [0.3, 0.4) is 0 Å². The topological polar surface area (TPSA) is 55.6 Å². The zero-order chi connectivity index (χ0) is 13.7. The van der Waals surface area contributed by atoms with Gasteiger partial charge in [-0.05, 0) is 32.0 Å². The Morgan fingerprint density at radius 3 is 2.67 bits per heavy atom. The van der Waals surface area contributed by atoms with Crippen molar-refractivity contribution in [3.63, 3.8) is 0 Å². The summed E-state index contributed by atoms with van der Waals surface area (Å²) in [4.78, 5) is 13.9. The van der Waals surface area contributed by atoms with E-state index in [0.717, 1.165) is 6.07 Å². The standard InChI is InChI=1S/C13H19FN2O2/c1-9(2)16(6-7-18-3)13(17)11-5-4-10(14)8-12(11)15/h4-5,8-9H,6-7,15H2,1-3H3. The summed E-state index contributed by atoms with van der Waals surface area (Å²) in [5, 5.41) is 0. The van der Waals surface area contributed by atoms with E-state index < -0.39 is 5.82 Å². The number of amides is 1. The molecule has 0 fully saturated rings. The Kier molecular flexibility index (Phi) is 5.09. The molecule has 4 nitrogen and oxygen atoms in total. The number of methoxy groups -OCH3 is 1. The van der Waals surface area contributed by atoms with E-state index in [-0.39, 0.29) is 17.6 Å². The van der Waals surface area contributed by atoms with Crippen molar-refractivity contribution in [1.29, 1.82) is 0 Å².